The van der Waals surface area contributed by atoms with Gasteiger partial charge >= 0.3 is 0 Å². The van der Waals surface area contributed by atoms with Crippen LogP contribution in [-0.2, 0) is 4.79 Å². The number of carbonyl (C=O) groups excluding carboxylic acids is 1. The van der Waals surface area contributed by atoms with Gasteiger partial charge in [0.05, 0.1) is 0 Å². The van der Waals surface area contributed by atoms with Gasteiger partial charge in [-0.1, -0.05) is 20.8 Å². The Labute approximate surface area is 106 Å². The number of carbonyl (C=O) groups is 1. The van der Waals surface area contributed by atoms with E-state index < -0.39 is 0 Å². The Morgan fingerprint density at radius 1 is 1.41 bits per heavy atom. The molecule has 1 unspecified atom stereocenters. The molecule has 3 N–H and O–H groups in total. The standard InChI is InChI=1S/C13H29N3O/c1-13(2,3)10-11(14)9-12(17)16(5)8-6-7-15-4/h11,15H,6-10,14H2,1-5H3. The summed E-state index contributed by atoms with van der Waals surface area (Å²) in [5.41, 5.74) is 6.18. The minimum Gasteiger partial charge on any atom is -0.346 e. The Balaban J connectivity index is 3.90. The molecule has 0 heterocycles. The number of hydrogen-bond acceptors (Lipinski definition) is 3. The van der Waals surface area contributed by atoms with E-state index in [1.807, 2.05) is 14.1 Å². The van der Waals surface area contributed by atoms with Crippen LogP contribution in [0.5, 0.6) is 0 Å². The van der Waals surface area contributed by atoms with Crippen LogP contribution in [0.2, 0.25) is 0 Å². The van der Waals surface area contributed by atoms with E-state index in [0.717, 1.165) is 25.9 Å². The number of rotatable bonds is 7. The molecule has 0 aliphatic rings. The van der Waals surface area contributed by atoms with Gasteiger partial charge in [-0.3, -0.25) is 4.79 Å². The molecule has 4 heteroatoms. The van der Waals surface area contributed by atoms with Crippen molar-refractivity contribution >= 4 is 5.91 Å². The Morgan fingerprint density at radius 2 is 2.00 bits per heavy atom. The third-order valence-corrected chi connectivity index (χ3v) is 2.66. The van der Waals surface area contributed by atoms with Crippen LogP contribution in [0.1, 0.15) is 40.0 Å². The lowest BCUT2D eigenvalue weighted by Crippen LogP contribution is -2.36. The molecule has 17 heavy (non-hydrogen) atoms. The summed E-state index contributed by atoms with van der Waals surface area (Å²) >= 11 is 0. The van der Waals surface area contributed by atoms with E-state index in [4.69, 9.17) is 5.73 Å². The molecule has 0 radical (unpaired) electrons. The molecule has 0 saturated carbocycles. The number of hydrogen-bond donors (Lipinski definition) is 2. The maximum Gasteiger partial charge on any atom is 0.223 e. The van der Waals surface area contributed by atoms with Crippen molar-refractivity contribution in [2.75, 3.05) is 27.2 Å². The van der Waals surface area contributed by atoms with Crippen LogP contribution in [0.25, 0.3) is 0 Å². The van der Waals surface area contributed by atoms with Gasteiger partial charge < -0.3 is 16.0 Å². The fourth-order valence-electron chi connectivity index (χ4n) is 1.86. The van der Waals surface area contributed by atoms with Crippen LogP contribution in [-0.4, -0.2) is 44.0 Å². The number of nitrogens with zero attached hydrogens (tertiary/aromatic N) is 1. The Kier molecular flexibility index (Phi) is 7.39. The molecule has 0 saturated heterocycles. The van der Waals surface area contributed by atoms with E-state index in [-0.39, 0.29) is 17.4 Å². The van der Waals surface area contributed by atoms with E-state index in [1.165, 1.54) is 0 Å². The first-order valence-corrected chi connectivity index (χ1v) is 6.40. The zero-order valence-electron chi connectivity index (χ0n) is 12.0. The Morgan fingerprint density at radius 3 is 2.47 bits per heavy atom. The maximum absolute atomic E-state index is 11.9. The lowest BCUT2D eigenvalue weighted by atomic mass is 9.87. The fourth-order valence-corrected chi connectivity index (χ4v) is 1.86. The van der Waals surface area contributed by atoms with Crippen molar-refractivity contribution in [1.82, 2.24) is 10.2 Å². The van der Waals surface area contributed by atoms with Gasteiger partial charge in [0.25, 0.3) is 0 Å². The molecule has 1 atom stereocenters. The van der Waals surface area contributed by atoms with Gasteiger partial charge in [-0.15, -0.1) is 0 Å². The molecule has 0 fully saturated rings. The first kappa shape index (κ1) is 16.4. The monoisotopic (exact) mass is 243 g/mol. The third-order valence-electron chi connectivity index (χ3n) is 2.66. The van der Waals surface area contributed by atoms with Gasteiger partial charge in [-0.05, 0) is 31.8 Å². The second kappa shape index (κ2) is 7.67. The second-order valence-corrected chi connectivity index (χ2v) is 6.00. The van der Waals surface area contributed by atoms with E-state index >= 15 is 0 Å². The van der Waals surface area contributed by atoms with Gasteiger partial charge in [-0.25, -0.2) is 0 Å². The predicted molar refractivity (Wildman–Crippen MR) is 72.8 cm³/mol. The van der Waals surface area contributed by atoms with E-state index in [0.29, 0.717) is 6.42 Å². The van der Waals surface area contributed by atoms with Gasteiger partial charge in [0.2, 0.25) is 5.91 Å². The highest BCUT2D eigenvalue weighted by Crippen LogP contribution is 2.21. The average molecular weight is 243 g/mol. The molecule has 0 aliphatic carbocycles. The molecule has 0 aromatic carbocycles. The average Bonchev–Trinajstić information content (AvgIpc) is 2.14. The number of nitrogens with two attached hydrogens (primary N) is 1. The van der Waals surface area contributed by atoms with Crippen LogP contribution in [0, 0.1) is 5.41 Å². The molecule has 1 amide bonds. The van der Waals surface area contributed by atoms with Crippen molar-refractivity contribution in [1.29, 1.82) is 0 Å². The molecule has 0 aromatic rings. The highest BCUT2D eigenvalue weighted by molar-refractivity contribution is 5.76. The van der Waals surface area contributed by atoms with Crippen LogP contribution < -0.4 is 11.1 Å². The maximum atomic E-state index is 11.9. The van der Waals surface area contributed by atoms with Gasteiger partial charge in [0.1, 0.15) is 0 Å². The Bertz CT molecular complexity index is 223. The molecule has 0 rings (SSSR count). The van der Waals surface area contributed by atoms with Crippen LogP contribution in [0.4, 0.5) is 0 Å². The highest BCUT2D eigenvalue weighted by Gasteiger charge is 2.19. The van der Waals surface area contributed by atoms with Crippen molar-refractivity contribution in [3.05, 3.63) is 0 Å². The SMILES string of the molecule is CNCCCN(C)C(=O)CC(N)CC(C)(C)C. The summed E-state index contributed by atoms with van der Waals surface area (Å²) in [6.07, 6.45) is 2.31. The van der Waals surface area contributed by atoms with Gasteiger partial charge in [0.15, 0.2) is 0 Å². The van der Waals surface area contributed by atoms with Crippen LogP contribution in [0.3, 0.4) is 0 Å². The molecular weight excluding hydrogens is 214 g/mol. The molecular formula is C13H29N3O. The lowest BCUT2D eigenvalue weighted by Gasteiger charge is -2.24. The number of amides is 1. The summed E-state index contributed by atoms with van der Waals surface area (Å²) in [6, 6.07) is -0.0331. The highest BCUT2D eigenvalue weighted by atomic mass is 16.2. The Hall–Kier alpha value is -0.610. The molecule has 0 bridgehead atoms. The zero-order valence-corrected chi connectivity index (χ0v) is 12.0. The van der Waals surface area contributed by atoms with Crippen molar-refractivity contribution in [3.8, 4) is 0 Å². The zero-order chi connectivity index (χ0) is 13.5. The van der Waals surface area contributed by atoms with Crippen LogP contribution >= 0.6 is 0 Å². The third kappa shape index (κ3) is 9.12. The van der Waals surface area contributed by atoms with Gasteiger partial charge in [0, 0.05) is 26.1 Å². The summed E-state index contributed by atoms with van der Waals surface area (Å²) in [6.45, 7) is 8.17. The smallest absolute Gasteiger partial charge is 0.223 e. The second-order valence-electron chi connectivity index (χ2n) is 6.00. The summed E-state index contributed by atoms with van der Waals surface area (Å²) in [5, 5.41) is 3.07. The first-order chi connectivity index (χ1) is 7.76. The van der Waals surface area contributed by atoms with Crippen molar-refractivity contribution < 1.29 is 4.79 Å². The minimum atomic E-state index is -0.0331. The normalized spacial score (nSPS) is 13.5. The quantitative estimate of drug-likeness (QED) is 0.661. The summed E-state index contributed by atoms with van der Waals surface area (Å²) in [5.74, 6) is 0.151. The first-order valence-electron chi connectivity index (χ1n) is 6.40. The molecule has 0 spiro atoms. The molecule has 4 nitrogen and oxygen atoms in total. The summed E-state index contributed by atoms with van der Waals surface area (Å²) in [4.78, 5) is 13.6. The van der Waals surface area contributed by atoms with Crippen molar-refractivity contribution in [2.24, 2.45) is 11.1 Å². The number of nitrogens with one attached hydrogen (secondary N) is 1. The minimum absolute atomic E-state index is 0.0331. The van der Waals surface area contributed by atoms with E-state index in [9.17, 15) is 4.79 Å². The van der Waals surface area contributed by atoms with E-state index in [1.54, 1.807) is 4.90 Å². The van der Waals surface area contributed by atoms with E-state index in [2.05, 4.69) is 26.1 Å². The summed E-state index contributed by atoms with van der Waals surface area (Å²) in [7, 11) is 3.77. The van der Waals surface area contributed by atoms with Crippen molar-refractivity contribution in [2.45, 2.75) is 46.1 Å². The van der Waals surface area contributed by atoms with Crippen LogP contribution in [0.15, 0.2) is 0 Å². The van der Waals surface area contributed by atoms with Gasteiger partial charge in [-0.2, -0.15) is 0 Å². The lowest BCUT2D eigenvalue weighted by molar-refractivity contribution is -0.130. The summed E-state index contributed by atoms with van der Waals surface area (Å²) < 4.78 is 0. The largest absolute Gasteiger partial charge is 0.346 e. The molecule has 0 aromatic heterocycles. The fraction of sp³-hybridized carbons (Fsp3) is 0.923. The van der Waals surface area contributed by atoms with Crippen molar-refractivity contribution in [3.63, 3.8) is 0 Å². The predicted octanol–water partition coefficient (Wildman–Crippen LogP) is 1.21. The molecule has 102 valence electrons. The topological polar surface area (TPSA) is 58.4 Å². The molecule has 0 aliphatic heterocycles.